The third kappa shape index (κ3) is 3.79. The molecule has 5 heteroatoms. The Morgan fingerprint density at radius 3 is 2.92 bits per heavy atom. The zero-order valence-electron chi connectivity index (χ0n) is 14.9. The molecule has 1 fully saturated rings. The van der Waals surface area contributed by atoms with Crippen molar-refractivity contribution in [3.05, 3.63) is 47.8 Å². The van der Waals surface area contributed by atoms with Crippen molar-refractivity contribution in [2.45, 2.75) is 25.4 Å². The summed E-state index contributed by atoms with van der Waals surface area (Å²) in [5.74, 6) is 0.986. The molecule has 1 aliphatic rings. The lowest BCUT2D eigenvalue weighted by Gasteiger charge is -2.40. The van der Waals surface area contributed by atoms with Crippen LogP contribution in [0.3, 0.4) is 0 Å². The number of methoxy groups -OCH3 is 1. The molecule has 0 amide bonds. The fraction of sp³-hybridized carbons (Fsp3) is 0.526. The molecule has 2 aromatic rings. The van der Waals surface area contributed by atoms with E-state index < -0.39 is 0 Å². The Kier molecular flexibility index (Phi) is 5.21. The van der Waals surface area contributed by atoms with Crippen LogP contribution in [-0.4, -0.2) is 48.0 Å². The summed E-state index contributed by atoms with van der Waals surface area (Å²) >= 11 is 0. The van der Waals surface area contributed by atoms with Crippen molar-refractivity contribution in [1.29, 1.82) is 0 Å². The highest BCUT2D eigenvalue weighted by Crippen LogP contribution is 2.29. The van der Waals surface area contributed by atoms with Gasteiger partial charge in [0.15, 0.2) is 0 Å². The van der Waals surface area contributed by atoms with Gasteiger partial charge in [-0.1, -0.05) is 18.2 Å². The van der Waals surface area contributed by atoms with E-state index in [9.17, 15) is 0 Å². The van der Waals surface area contributed by atoms with Crippen LogP contribution in [0, 0.1) is 0 Å². The van der Waals surface area contributed by atoms with Gasteiger partial charge >= 0.3 is 0 Å². The molecular formula is C19H27N3O2. The molecule has 3 rings (SSSR count). The van der Waals surface area contributed by atoms with Crippen molar-refractivity contribution in [3.8, 4) is 5.75 Å². The molecule has 1 saturated heterocycles. The number of rotatable bonds is 6. The molecule has 1 aromatic heterocycles. The van der Waals surface area contributed by atoms with Gasteiger partial charge in [0.25, 0.3) is 0 Å². The summed E-state index contributed by atoms with van der Waals surface area (Å²) in [4.78, 5) is 2.49. The minimum Gasteiger partial charge on any atom is -0.496 e. The highest BCUT2D eigenvalue weighted by Gasteiger charge is 2.34. The SMILES string of the molecule is COc1ccccc1CCCN1CCO[C@@](C)(c2cnn(C)c2)C1. The van der Waals surface area contributed by atoms with E-state index in [1.165, 1.54) is 5.56 Å². The molecule has 1 aromatic carbocycles. The molecule has 0 N–H and O–H groups in total. The van der Waals surface area contributed by atoms with Crippen LogP contribution >= 0.6 is 0 Å². The van der Waals surface area contributed by atoms with Crippen molar-refractivity contribution in [1.82, 2.24) is 14.7 Å². The minimum atomic E-state index is -0.267. The van der Waals surface area contributed by atoms with Crippen LogP contribution in [0.25, 0.3) is 0 Å². The summed E-state index contributed by atoms with van der Waals surface area (Å²) in [7, 11) is 3.68. The first kappa shape index (κ1) is 17.0. The molecule has 24 heavy (non-hydrogen) atoms. The average molecular weight is 329 g/mol. The summed E-state index contributed by atoms with van der Waals surface area (Å²) in [6.07, 6.45) is 6.12. The number of nitrogens with zero attached hydrogens (tertiary/aromatic N) is 3. The summed E-state index contributed by atoms with van der Waals surface area (Å²) in [5.41, 5.74) is 2.17. The second-order valence-electron chi connectivity index (χ2n) is 6.67. The van der Waals surface area contributed by atoms with Crippen LogP contribution < -0.4 is 4.74 Å². The molecule has 0 radical (unpaired) electrons. The lowest BCUT2D eigenvalue weighted by molar-refractivity contribution is -0.103. The molecule has 0 unspecified atom stereocenters. The molecule has 2 heterocycles. The minimum absolute atomic E-state index is 0.267. The van der Waals surface area contributed by atoms with Gasteiger partial charge in [-0.15, -0.1) is 0 Å². The average Bonchev–Trinajstić information content (AvgIpc) is 3.03. The maximum absolute atomic E-state index is 6.08. The van der Waals surface area contributed by atoms with Gasteiger partial charge in [-0.05, 0) is 37.9 Å². The van der Waals surface area contributed by atoms with Crippen LogP contribution in [0.2, 0.25) is 0 Å². The first-order valence-electron chi connectivity index (χ1n) is 8.58. The summed E-state index contributed by atoms with van der Waals surface area (Å²) in [5, 5.41) is 4.29. The molecule has 1 aliphatic heterocycles. The van der Waals surface area contributed by atoms with Crippen LogP contribution in [0.4, 0.5) is 0 Å². The maximum Gasteiger partial charge on any atom is 0.122 e. The monoisotopic (exact) mass is 329 g/mol. The number of aryl methyl sites for hydroxylation is 2. The van der Waals surface area contributed by atoms with E-state index in [2.05, 4.69) is 35.3 Å². The number of hydrogen-bond donors (Lipinski definition) is 0. The van der Waals surface area contributed by atoms with Gasteiger partial charge in [-0.3, -0.25) is 9.58 Å². The van der Waals surface area contributed by atoms with Gasteiger partial charge < -0.3 is 9.47 Å². The Hall–Kier alpha value is -1.85. The van der Waals surface area contributed by atoms with Crippen molar-refractivity contribution in [2.24, 2.45) is 7.05 Å². The first-order chi connectivity index (χ1) is 11.6. The standard InChI is InChI=1S/C19H27N3O2/c1-19(17-13-20-21(2)14-17)15-22(11-12-24-19)10-6-8-16-7-4-5-9-18(16)23-3/h4-5,7,9,13-14H,6,8,10-12,15H2,1-3H3/t19-/m1/s1. The van der Waals surface area contributed by atoms with Crippen LogP contribution in [0.5, 0.6) is 5.75 Å². The zero-order valence-corrected chi connectivity index (χ0v) is 14.9. The maximum atomic E-state index is 6.08. The molecule has 5 nitrogen and oxygen atoms in total. The Morgan fingerprint density at radius 1 is 1.33 bits per heavy atom. The molecule has 1 atom stereocenters. The Morgan fingerprint density at radius 2 is 2.17 bits per heavy atom. The van der Waals surface area contributed by atoms with E-state index in [1.807, 2.05) is 30.1 Å². The highest BCUT2D eigenvalue weighted by atomic mass is 16.5. The van der Waals surface area contributed by atoms with Gasteiger partial charge in [0, 0.05) is 31.9 Å². The number of aromatic nitrogens is 2. The third-order valence-corrected chi connectivity index (χ3v) is 4.78. The molecule has 0 bridgehead atoms. The Balaban J connectivity index is 1.56. The predicted octanol–water partition coefficient (Wildman–Crippen LogP) is 2.61. The number of hydrogen-bond acceptors (Lipinski definition) is 4. The highest BCUT2D eigenvalue weighted by molar-refractivity contribution is 5.33. The third-order valence-electron chi connectivity index (χ3n) is 4.78. The fourth-order valence-electron chi connectivity index (χ4n) is 3.41. The zero-order chi connectivity index (χ0) is 17.0. The van der Waals surface area contributed by atoms with E-state index in [1.54, 1.807) is 7.11 Å². The number of benzene rings is 1. The molecule has 0 spiro atoms. The van der Waals surface area contributed by atoms with Crippen molar-refractivity contribution in [2.75, 3.05) is 33.4 Å². The summed E-state index contributed by atoms with van der Waals surface area (Å²) in [6, 6.07) is 8.27. The van der Waals surface area contributed by atoms with Crippen molar-refractivity contribution in [3.63, 3.8) is 0 Å². The van der Waals surface area contributed by atoms with Crippen LogP contribution in [-0.2, 0) is 23.8 Å². The number of morpholine rings is 1. The topological polar surface area (TPSA) is 39.5 Å². The van der Waals surface area contributed by atoms with Gasteiger partial charge in [0.2, 0.25) is 0 Å². The summed E-state index contributed by atoms with van der Waals surface area (Å²) < 4.78 is 13.4. The molecule has 0 aliphatic carbocycles. The van der Waals surface area contributed by atoms with E-state index in [0.717, 1.165) is 50.4 Å². The summed E-state index contributed by atoms with van der Waals surface area (Å²) in [6.45, 7) is 5.89. The Labute approximate surface area is 144 Å². The largest absolute Gasteiger partial charge is 0.496 e. The van der Waals surface area contributed by atoms with E-state index in [0.29, 0.717) is 0 Å². The Bertz CT molecular complexity index is 670. The molecular weight excluding hydrogens is 302 g/mol. The van der Waals surface area contributed by atoms with Crippen LogP contribution in [0.15, 0.2) is 36.7 Å². The van der Waals surface area contributed by atoms with Gasteiger partial charge in [-0.2, -0.15) is 5.10 Å². The van der Waals surface area contributed by atoms with Crippen molar-refractivity contribution < 1.29 is 9.47 Å². The smallest absolute Gasteiger partial charge is 0.122 e. The normalized spacial score (nSPS) is 21.8. The quantitative estimate of drug-likeness (QED) is 0.817. The second-order valence-corrected chi connectivity index (χ2v) is 6.67. The van der Waals surface area contributed by atoms with E-state index in [4.69, 9.17) is 9.47 Å². The lowest BCUT2D eigenvalue weighted by atomic mass is 9.96. The fourth-order valence-corrected chi connectivity index (χ4v) is 3.41. The molecule has 130 valence electrons. The first-order valence-corrected chi connectivity index (χ1v) is 8.58. The number of para-hydroxylation sites is 1. The van der Waals surface area contributed by atoms with Crippen molar-refractivity contribution >= 4 is 0 Å². The van der Waals surface area contributed by atoms with E-state index >= 15 is 0 Å². The van der Waals surface area contributed by atoms with E-state index in [-0.39, 0.29) is 5.60 Å². The number of ether oxygens (including phenoxy) is 2. The van der Waals surface area contributed by atoms with Gasteiger partial charge in [-0.25, -0.2) is 0 Å². The van der Waals surface area contributed by atoms with Crippen LogP contribution in [0.1, 0.15) is 24.5 Å². The van der Waals surface area contributed by atoms with Gasteiger partial charge in [0.05, 0.1) is 19.9 Å². The second kappa shape index (κ2) is 7.36. The molecule has 0 saturated carbocycles. The van der Waals surface area contributed by atoms with Gasteiger partial charge in [0.1, 0.15) is 11.4 Å². The predicted molar refractivity (Wildman–Crippen MR) is 94.3 cm³/mol. The lowest BCUT2D eigenvalue weighted by Crippen LogP contribution is -2.48.